The van der Waals surface area contributed by atoms with Gasteiger partial charge in [-0.05, 0) is 0 Å². The van der Waals surface area contributed by atoms with E-state index >= 15 is 0 Å². The van der Waals surface area contributed by atoms with Crippen LogP contribution in [0, 0.1) is 0 Å². The van der Waals surface area contributed by atoms with E-state index in [1.54, 1.807) is 7.05 Å². The summed E-state index contributed by atoms with van der Waals surface area (Å²) in [5.41, 5.74) is -0.241. The summed E-state index contributed by atoms with van der Waals surface area (Å²) in [6.45, 7) is 0. The fourth-order valence-corrected chi connectivity index (χ4v) is 3.10. The Morgan fingerprint density at radius 3 is 2.87 bits per heavy atom. The Bertz CT molecular complexity index is 497. The summed E-state index contributed by atoms with van der Waals surface area (Å²) in [6, 6.07) is 0. The van der Waals surface area contributed by atoms with Gasteiger partial charge < -0.3 is 4.57 Å². The highest BCUT2D eigenvalue weighted by atomic mass is 35.7. The molecular formula is C7H9ClN2O3S2. The summed E-state index contributed by atoms with van der Waals surface area (Å²) in [4.78, 5) is 15.3. The van der Waals surface area contributed by atoms with Crippen LogP contribution in [0.3, 0.4) is 0 Å². The minimum absolute atomic E-state index is 0.182. The summed E-state index contributed by atoms with van der Waals surface area (Å²) < 4.78 is 22.6. The van der Waals surface area contributed by atoms with E-state index in [0.29, 0.717) is 0 Å². The Hall–Kier alpha value is -0.530. The van der Waals surface area contributed by atoms with E-state index in [1.807, 2.05) is 0 Å². The maximum Gasteiger partial charge on any atom is 0.282 e. The van der Waals surface area contributed by atoms with Gasteiger partial charge >= 0.3 is 0 Å². The first-order chi connectivity index (χ1) is 6.90. The maximum atomic E-state index is 11.4. The van der Waals surface area contributed by atoms with Crippen molar-refractivity contribution in [3.05, 3.63) is 22.7 Å². The molecule has 0 aliphatic heterocycles. The van der Waals surface area contributed by atoms with Crippen molar-refractivity contribution < 1.29 is 8.42 Å². The van der Waals surface area contributed by atoms with E-state index in [2.05, 4.69) is 4.98 Å². The van der Waals surface area contributed by atoms with Gasteiger partial charge in [0.2, 0.25) is 9.05 Å². The van der Waals surface area contributed by atoms with Gasteiger partial charge in [-0.3, -0.25) is 4.79 Å². The molecule has 15 heavy (non-hydrogen) atoms. The molecular weight excluding hydrogens is 260 g/mol. The molecule has 84 valence electrons. The van der Waals surface area contributed by atoms with E-state index in [4.69, 9.17) is 10.7 Å². The van der Waals surface area contributed by atoms with Crippen molar-refractivity contribution in [3.63, 3.8) is 0 Å². The van der Waals surface area contributed by atoms with Crippen LogP contribution in [0.15, 0.2) is 22.2 Å². The number of hydrogen-bond donors (Lipinski definition) is 0. The van der Waals surface area contributed by atoms with Gasteiger partial charge in [-0.2, -0.15) is 0 Å². The molecule has 0 radical (unpaired) electrons. The zero-order chi connectivity index (χ0) is 11.5. The predicted molar refractivity (Wildman–Crippen MR) is 59.8 cm³/mol. The van der Waals surface area contributed by atoms with Crippen LogP contribution in [0.25, 0.3) is 0 Å². The molecule has 0 aliphatic rings. The quantitative estimate of drug-likeness (QED) is 0.585. The molecule has 1 aromatic heterocycles. The highest BCUT2D eigenvalue weighted by molar-refractivity contribution is 8.14. The summed E-state index contributed by atoms with van der Waals surface area (Å²) in [5, 5.41) is 0.278. The van der Waals surface area contributed by atoms with Gasteiger partial charge in [-0.15, -0.1) is 0 Å². The van der Waals surface area contributed by atoms with E-state index in [1.165, 1.54) is 17.0 Å². The molecule has 1 rings (SSSR count). The summed E-state index contributed by atoms with van der Waals surface area (Å²) >= 11 is 1.08. The first-order valence-electron chi connectivity index (χ1n) is 3.97. The number of aromatic nitrogens is 2. The molecule has 0 saturated carbocycles. The maximum absolute atomic E-state index is 11.4. The molecule has 8 heteroatoms. The van der Waals surface area contributed by atoms with Gasteiger partial charge in [0.1, 0.15) is 0 Å². The monoisotopic (exact) mass is 268 g/mol. The second-order valence-corrected chi connectivity index (χ2v) is 6.72. The summed E-state index contributed by atoms with van der Waals surface area (Å²) in [7, 11) is 3.13. The Balaban J connectivity index is 2.67. The first kappa shape index (κ1) is 12.5. The SMILES string of the molecule is Cn1ccnc(SCCS(=O)(=O)Cl)c1=O. The van der Waals surface area contributed by atoms with Crippen LogP contribution in [0.5, 0.6) is 0 Å². The molecule has 0 fully saturated rings. The molecule has 1 heterocycles. The third-order valence-electron chi connectivity index (χ3n) is 1.55. The molecule has 0 aromatic carbocycles. The third kappa shape index (κ3) is 4.23. The Morgan fingerprint density at radius 1 is 1.60 bits per heavy atom. The normalized spacial score (nSPS) is 11.6. The second-order valence-electron chi connectivity index (χ2n) is 2.74. The van der Waals surface area contributed by atoms with Crippen LogP contribution in [-0.2, 0) is 16.1 Å². The average molecular weight is 269 g/mol. The van der Waals surface area contributed by atoms with Crippen molar-refractivity contribution in [2.24, 2.45) is 7.05 Å². The lowest BCUT2D eigenvalue weighted by Crippen LogP contribution is -2.19. The Morgan fingerprint density at radius 2 is 2.27 bits per heavy atom. The smallest absolute Gasteiger partial charge is 0.282 e. The highest BCUT2D eigenvalue weighted by Gasteiger charge is 2.08. The fraction of sp³-hybridized carbons (Fsp3) is 0.429. The molecule has 5 nitrogen and oxygen atoms in total. The second kappa shape index (κ2) is 5.00. The minimum Gasteiger partial charge on any atom is -0.315 e. The number of nitrogens with zero attached hydrogens (tertiary/aromatic N) is 2. The molecule has 0 unspecified atom stereocenters. The van der Waals surface area contributed by atoms with Gasteiger partial charge in [-0.1, -0.05) is 11.8 Å². The number of hydrogen-bond acceptors (Lipinski definition) is 5. The van der Waals surface area contributed by atoms with E-state index < -0.39 is 9.05 Å². The fourth-order valence-electron chi connectivity index (χ4n) is 0.812. The number of halogens is 1. The summed E-state index contributed by atoms with van der Waals surface area (Å²) in [6.07, 6.45) is 3.02. The highest BCUT2D eigenvalue weighted by Crippen LogP contribution is 2.11. The van der Waals surface area contributed by atoms with Gasteiger partial charge in [0.25, 0.3) is 5.56 Å². The zero-order valence-electron chi connectivity index (χ0n) is 7.88. The van der Waals surface area contributed by atoms with E-state index in [9.17, 15) is 13.2 Å². The molecule has 0 N–H and O–H groups in total. The molecule has 0 aliphatic carbocycles. The van der Waals surface area contributed by atoms with E-state index in [-0.39, 0.29) is 22.1 Å². The van der Waals surface area contributed by atoms with Crippen LogP contribution in [0.1, 0.15) is 0 Å². The minimum atomic E-state index is -3.50. The van der Waals surface area contributed by atoms with Gasteiger partial charge in [-0.25, -0.2) is 13.4 Å². The summed E-state index contributed by atoms with van der Waals surface area (Å²) in [5.74, 6) is 0.0387. The topological polar surface area (TPSA) is 69.0 Å². The van der Waals surface area contributed by atoms with Crippen LogP contribution < -0.4 is 5.56 Å². The third-order valence-corrected chi connectivity index (χ3v) is 3.93. The van der Waals surface area contributed by atoms with Crippen LogP contribution in [0.4, 0.5) is 0 Å². The van der Waals surface area contributed by atoms with Crippen molar-refractivity contribution in [1.29, 1.82) is 0 Å². The van der Waals surface area contributed by atoms with Crippen molar-refractivity contribution >= 4 is 31.5 Å². The van der Waals surface area contributed by atoms with Crippen LogP contribution in [0.2, 0.25) is 0 Å². The molecule has 0 saturated heterocycles. The molecule has 0 amide bonds. The van der Waals surface area contributed by atoms with Crippen molar-refractivity contribution in [2.75, 3.05) is 11.5 Å². The number of thioether (sulfide) groups is 1. The predicted octanol–water partition coefficient (Wildman–Crippen LogP) is 0.441. The lowest BCUT2D eigenvalue weighted by molar-refractivity contribution is 0.611. The first-order valence-corrected chi connectivity index (χ1v) is 7.43. The lowest BCUT2D eigenvalue weighted by atomic mass is 10.7. The van der Waals surface area contributed by atoms with Crippen molar-refractivity contribution in [3.8, 4) is 0 Å². The van der Waals surface area contributed by atoms with Crippen LogP contribution in [-0.4, -0.2) is 29.5 Å². The van der Waals surface area contributed by atoms with Gasteiger partial charge in [0, 0.05) is 35.9 Å². The number of rotatable bonds is 4. The van der Waals surface area contributed by atoms with E-state index in [0.717, 1.165) is 11.8 Å². The Kier molecular flexibility index (Phi) is 4.18. The van der Waals surface area contributed by atoms with Crippen LogP contribution >= 0.6 is 22.4 Å². The molecule has 0 spiro atoms. The molecule has 0 bridgehead atoms. The lowest BCUT2D eigenvalue weighted by Gasteiger charge is -2.00. The molecule has 1 aromatic rings. The molecule has 0 atom stereocenters. The standard InChI is InChI=1S/C7H9ClN2O3S2/c1-10-3-2-9-6(7(10)11)14-4-5-15(8,12)13/h2-3H,4-5H2,1H3. The van der Waals surface area contributed by atoms with Gasteiger partial charge in [0.15, 0.2) is 5.03 Å². The Labute approximate surface area is 95.9 Å². The largest absolute Gasteiger partial charge is 0.315 e. The number of aryl methyl sites for hydroxylation is 1. The van der Waals surface area contributed by atoms with Crippen molar-refractivity contribution in [2.45, 2.75) is 5.03 Å². The average Bonchev–Trinajstić information content (AvgIpc) is 2.10. The van der Waals surface area contributed by atoms with Crippen molar-refractivity contribution in [1.82, 2.24) is 9.55 Å². The van der Waals surface area contributed by atoms with Gasteiger partial charge in [0.05, 0.1) is 5.75 Å². The zero-order valence-corrected chi connectivity index (χ0v) is 10.3.